The summed E-state index contributed by atoms with van der Waals surface area (Å²) < 4.78 is 23.2. The molecule has 0 aliphatic heterocycles. The minimum Gasteiger partial charge on any atom is -0.344 e. The number of phosphoric acid groups is 1. The first-order valence-corrected chi connectivity index (χ1v) is 16.4. The van der Waals surface area contributed by atoms with E-state index in [-0.39, 0.29) is 12.1 Å². The fourth-order valence-corrected chi connectivity index (χ4v) is 5.66. The summed E-state index contributed by atoms with van der Waals surface area (Å²) in [5, 5.41) is 0. The number of hydrogen-bond donors (Lipinski definition) is 2. The van der Waals surface area contributed by atoms with Crippen molar-refractivity contribution in [2.75, 3.05) is 6.61 Å². The second-order valence-electron chi connectivity index (χ2n) is 11.1. The highest BCUT2D eigenvalue weighted by Crippen LogP contribution is 2.49. The van der Waals surface area contributed by atoms with Crippen molar-refractivity contribution in [1.29, 1.82) is 0 Å². The smallest absolute Gasteiger partial charge is 0.344 e. The van der Waals surface area contributed by atoms with Crippen molar-refractivity contribution in [2.45, 2.75) is 175 Å². The van der Waals surface area contributed by atoms with Crippen molar-refractivity contribution < 1.29 is 18.5 Å². The van der Waals surface area contributed by atoms with Gasteiger partial charge in [-0.3, -0.25) is 9.05 Å². The van der Waals surface area contributed by atoms with E-state index >= 15 is 0 Å². The van der Waals surface area contributed by atoms with Gasteiger partial charge in [0.1, 0.15) is 0 Å². The average Bonchev–Trinajstić information content (AvgIpc) is 2.78. The van der Waals surface area contributed by atoms with Crippen molar-refractivity contribution in [1.82, 2.24) is 6.15 Å². The van der Waals surface area contributed by atoms with Crippen molar-refractivity contribution in [3.63, 3.8) is 0 Å². The summed E-state index contributed by atoms with van der Waals surface area (Å²) in [5.74, 6) is 0.212. The largest absolute Gasteiger partial charge is 0.472 e. The molecule has 0 fully saturated rings. The first-order valence-electron chi connectivity index (χ1n) is 14.9. The third-order valence-electron chi connectivity index (χ3n) is 7.28. The summed E-state index contributed by atoms with van der Waals surface area (Å²) in [6, 6.07) is 0. The Labute approximate surface area is 220 Å². The van der Waals surface area contributed by atoms with Gasteiger partial charge in [0.2, 0.25) is 0 Å². The van der Waals surface area contributed by atoms with E-state index in [1.807, 2.05) is 13.8 Å². The quantitative estimate of drug-likeness (QED) is 0.0872. The van der Waals surface area contributed by atoms with Crippen LogP contribution in [-0.2, 0) is 13.6 Å². The molecular formula is C29H64NO4P. The average molecular weight is 522 g/mol. The van der Waals surface area contributed by atoms with E-state index in [0.29, 0.717) is 6.61 Å². The Kier molecular flexibility index (Phi) is 26.0. The molecule has 214 valence electrons. The fraction of sp³-hybridized carbons (Fsp3) is 1.00. The van der Waals surface area contributed by atoms with Gasteiger partial charge in [0.25, 0.3) is 0 Å². The van der Waals surface area contributed by atoms with Crippen LogP contribution in [0.1, 0.15) is 169 Å². The molecule has 0 aromatic rings. The SMILES string of the molecule is CCCCCCCCCCCCCCCCCCOP(=O)(O)OC(C)(C)C(C)CCCCCC.N. The van der Waals surface area contributed by atoms with Crippen LogP contribution in [0, 0.1) is 5.92 Å². The molecule has 0 radical (unpaired) electrons. The van der Waals surface area contributed by atoms with Gasteiger partial charge in [-0.15, -0.1) is 0 Å². The molecule has 5 nitrogen and oxygen atoms in total. The molecule has 0 amide bonds. The minimum absolute atomic E-state index is 0. The van der Waals surface area contributed by atoms with Crippen molar-refractivity contribution in [2.24, 2.45) is 5.92 Å². The Balaban J connectivity index is 0. The Morgan fingerprint density at radius 3 is 1.40 bits per heavy atom. The molecule has 0 aliphatic rings. The van der Waals surface area contributed by atoms with Gasteiger partial charge in [0, 0.05) is 0 Å². The summed E-state index contributed by atoms with van der Waals surface area (Å²) in [7, 11) is -4.00. The highest BCUT2D eigenvalue weighted by molar-refractivity contribution is 7.47. The van der Waals surface area contributed by atoms with Crippen LogP contribution in [-0.4, -0.2) is 17.1 Å². The Morgan fingerprint density at radius 1 is 0.657 bits per heavy atom. The summed E-state index contributed by atoms with van der Waals surface area (Å²) in [6.45, 7) is 10.7. The van der Waals surface area contributed by atoms with Crippen LogP contribution < -0.4 is 6.15 Å². The molecule has 35 heavy (non-hydrogen) atoms. The van der Waals surface area contributed by atoms with E-state index in [9.17, 15) is 9.46 Å². The predicted molar refractivity (Wildman–Crippen MR) is 153 cm³/mol. The van der Waals surface area contributed by atoms with E-state index in [0.717, 1.165) is 25.7 Å². The van der Waals surface area contributed by atoms with Crippen LogP contribution in [0.15, 0.2) is 0 Å². The maximum atomic E-state index is 12.4. The molecule has 6 heteroatoms. The number of rotatable bonds is 26. The van der Waals surface area contributed by atoms with Gasteiger partial charge >= 0.3 is 7.82 Å². The van der Waals surface area contributed by atoms with Crippen LogP contribution in [0.3, 0.4) is 0 Å². The molecule has 0 bridgehead atoms. The van der Waals surface area contributed by atoms with E-state index in [1.54, 1.807) is 0 Å². The minimum atomic E-state index is -4.00. The molecule has 0 heterocycles. The fourth-order valence-electron chi connectivity index (χ4n) is 4.47. The summed E-state index contributed by atoms with van der Waals surface area (Å²) in [4.78, 5) is 10.1. The molecule has 0 saturated carbocycles. The summed E-state index contributed by atoms with van der Waals surface area (Å²) >= 11 is 0. The van der Waals surface area contributed by atoms with Gasteiger partial charge in [-0.25, -0.2) is 4.57 Å². The van der Waals surface area contributed by atoms with Crippen LogP contribution in [0.2, 0.25) is 0 Å². The molecule has 0 spiro atoms. The summed E-state index contributed by atoms with van der Waals surface area (Å²) in [5.41, 5.74) is -0.662. The molecule has 0 aromatic heterocycles. The lowest BCUT2D eigenvalue weighted by Gasteiger charge is -2.33. The molecule has 0 aromatic carbocycles. The predicted octanol–water partition coefficient (Wildman–Crippen LogP) is 10.9. The zero-order valence-corrected chi connectivity index (χ0v) is 25.4. The van der Waals surface area contributed by atoms with Crippen LogP contribution in [0.5, 0.6) is 0 Å². The number of hydrogen-bond acceptors (Lipinski definition) is 4. The third kappa shape index (κ3) is 24.2. The van der Waals surface area contributed by atoms with Crippen molar-refractivity contribution >= 4 is 7.82 Å². The molecule has 0 saturated heterocycles. The molecule has 4 N–H and O–H groups in total. The zero-order valence-electron chi connectivity index (χ0n) is 24.5. The normalized spacial score (nSPS) is 14.5. The Morgan fingerprint density at radius 2 is 1.00 bits per heavy atom. The van der Waals surface area contributed by atoms with Gasteiger partial charge in [-0.1, -0.05) is 143 Å². The van der Waals surface area contributed by atoms with E-state index in [4.69, 9.17) is 9.05 Å². The van der Waals surface area contributed by atoms with Gasteiger partial charge in [-0.05, 0) is 32.6 Å². The topological polar surface area (TPSA) is 90.8 Å². The number of unbranched alkanes of at least 4 members (excludes halogenated alkanes) is 18. The standard InChI is InChI=1S/C29H61O4P.H3N/c1-6-8-10-12-13-14-15-16-17-18-19-20-21-22-23-25-27-32-34(30,31)33-29(4,5)28(3)26-24-11-9-7-2;/h28H,6-27H2,1-5H3,(H,30,31);1H3. The maximum Gasteiger partial charge on any atom is 0.472 e. The van der Waals surface area contributed by atoms with Gasteiger partial charge in [-0.2, -0.15) is 0 Å². The lowest BCUT2D eigenvalue weighted by atomic mass is 9.88. The molecule has 0 aliphatic carbocycles. The first-order chi connectivity index (χ1) is 16.2. The monoisotopic (exact) mass is 521 g/mol. The van der Waals surface area contributed by atoms with Gasteiger partial charge < -0.3 is 11.0 Å². The lowest BCUT2D eigenvalue weighted by Crippen LogP contribution is -2.32. The van der Waals surface area contributed by atoms with Crippen molar-refractivity contribution in [3.8, 4) is 0 Å². The van der Waals surface area contributed by atoms with E-state index in [1.165, 1.54) is 109 Å². The maximum absolute atomic E-state index is 12.4. The highest BCUT2D eigenvalue weighted by Gasteiger charge is 2.35. The zero-order chi connectivity index (χ0) is 25.5. The lowest BCUT2D eigenvalue weighted by molar-refractivity contribution is 0.00606. The van der Waals surface area contributed by atoms with Crippen LogP contribution in [0.4, 0.5) is 0 Å². The third-order valence-corrected chi connectivity index (χ3v) is 8.49. The number of phosphoric ester groups is 1. The molecular weight excluding hydrogens is 457 g/mol. The van der Waals surface area contributed by atoms with Gasteiger partial charge in [0.05, 0.1) is 12.2 Å². The van der Waals surface area contributed by atoms with E-state index < -0.39 is 13.4 Å². The molecule has 2 atom stereocenters. The second kappa shape index (κ2) is 24.4. The Hall–Kier alpha value is 0.0700. The van der Waals surface area contributed by atoms with Gasteiger partial charge in [0.15, 0.2) is 0 Å². The second-order valence-corrected chi connectivity index (χ2v) is 12.4. The van der Waals surface area contributed by atoms with Crippen molar-refractivity contribution in [3.05, 3.63) is 0 Å². The highest BCUT2D eigenvalue weighted by atomic mass is 31.2. The Bertz CT molecular complexity index is 487. The first kappa shape index (κ1) is 37.2. The molecule has 2 unspecified atom stereocenters. The molecule has 0 rings (SSSR count). The summed E-state index contributed by atoms with van der Waals surface area (Å²) in [6.07, 6.45) is 26.8. The van der Waals surface area contributed by atoms with E-state index in [2.05, 4.69) is 20.8 Å². The van der Waals surface area contributed by atoms with Crippen LogP contribution in [0.25, 0.3) is 0 Å². The van der Waals surface area contributed by atoms with Crippen LogP contribution >= 0.6 is 7.82 Å².